The molecule has 0 unspecified atom stereocenters. The number of ether oxygens (including phenoxy) is 3. The van der Waals surface area contributed by atoms with E-state index in [1.165, 1.54) is 19.4 Å². The fourth-order valence-electron chi connectivity index (χ4n) is 2.68. The highest BCUT2D eigenvalue weighted by Gasteiger charge is 2.25. The third kappa shape index (κ3) is 1.92. The number of phenols is 1. The number of hydrogen-bond acceptors (Lipinski definition) is 6. The van der Waals surface area contributed by atoms with Crippen LogP contribution in [0.5, 0.6) is 23.0 Å². The molecule has 4 rings (SSSR count). The van der Waals surface area contributed by atoms with Crippen molar-refractivity contribution in [2.24, 2.45) is 0 Å². The number of rotatable bonds is 2. The van der Waals surface area contributed by atoms with Crippen molar-refractivity contribution in [1.29, 1.82) is 0 Å². The molecular formula is C17H12O6. The Hall–Kier alpha value is -3.15. The molecule has 6 heteroatoms. The van der Waals surface area contributed by atoms with Gasteiger partial charge in [0.25, 0.3) is 0 Å². The number of aromatic hydroxyl groups is 1. The average molecular weight is 312 g/mol. The van der Waals surface area contributed by atoms with Gasteiger partial charge in [0.2, 0.25) is 18.0 Å². The molecule has 1 aromatic heterocycles. The zero-order valence-corrected chi connectivity index (χ0v) is 12.2. The van der Waals surface area contributed by atoms with E-state index in [1.54, 1.807) is 24.3 Å². The third-order valence-corrected chi connectivity index (χ3v) is 3.77. The Morgan fingerprint density at radius 2 is 2.00 bits per heavy atom. The summed E-state index contributed by atoms with van der Waals surface area (Å²) in [4.78, 5) is 12.8. The van der Waals surface area contributed by atoms with Crippen molar-refractivity contribution in [3.8, 4) is 34.1 Å². The second kappa shape index (κ2) is 4.95. The maximum absolute atomic E-state index is 12.8. The predicted octanol–water partition coefficient (Wildman–Crippen LogP) is 2.90. The van der Waals surface area contributed by atoms with Gasteiger partial charge in [-0.25, -0.2) is 0 Å². The maximum atomic E-state index is 12.8. The smallest absolute Gasteiger partial charge is 0.231 e. The molecule has 1 aliphatic rings. The lowest BCUT2D eigenvalue weighted by Gasteiger charge is -2.09. The van der Waals surface area contributed by atoms with Gasteiger partial charge in [0.15, 0.2) is 11.5 Å². The lowest BCUT2D eigenvalue weighted by atomic mass is 10.0. The summed E-state index contributed by atoms with van der Waals surface area (Å²) in [6, 6.07) is 8.63. The van der Waals surface area contributed by atoms with Gasteiger partial charge in [-0.3, -0.25) is 4.79 Å². The van der Waals surface area contributed by atoms with Crippen LogP contribution in [0.3, 0.4) is 0 Å². The van der Waals surface area contributed by atoms with Gasteiger partial charge in [0.05, 0.1) is 12.7 Å². The number of phenolic OH excluding ortho intramolecular Hbond substituents is 1. The second-order valence-corrected chi connectivity index (χ2v) is 5.01. The van der Waals surface area contributed by atoms with Crippen LogP contribution in [0.1, 0.15) is 0 Å². The van der Waals surface area contributed by atoms with Crippen LogP contribution in [0.15, 0.2) is 45.8 Å². The van der Waals surface area contributed by atoms with Crippen molar-refractivity contribution >= 4 is 11.0 Å². The minimum absolute atomic E-state index is 0.00717. The Morgan fingerprint density at radius 1 is 1.17 bits per heavy atom. The lowest BCUT2D eigenvalue weighted by molar-refractivity contribution is 0.171. The first-order valence-corrected chi connectivity index (χ1v) is 6.91. The highest BCUT2D eigenvalue weighted by atomic mass is 16.7. The molecule has 0 bridgehead atoms. The van der Waals surface area contributed by atoms with E-state index in [1.807, 2.05) is 0 Å². The first kappa shape index (κ1) is 13.5. The fourth-order valence-corrected chi connectivity index (χ4v) is 2.68. The summed E-state index contributed by atoms with van der Waals surface area (Å²) in [6.07, 6.45) is 1.35. The van der Waals surface area contributed by atoms with Gasteiger partial charge in [-0.1, -0.05) is 18.2 Å². The summed E-state index contributed by atoms with van der Waals surface area (Å²) in [5, 5.41) is 10.4. The molecule has 23 heavy (non-hydrogen) atoms. The molecule has 0 spiro atoms. The third-order valence-electron chi connectivity index (χ3n) is 3.77. The van der Waals surface area contributed by atoms with Gasteiger partial charge >= 0.3 is 0 Å². The van der Waals surface area contributed by atoms with Crippen molar-refractivity contribution in [2.75, 3.05) is 13.9 Å². The Labute approximate surface area is 130 Å². The van der Waals surface area contributed by atoms with Gasteiger partial charge in [-0.05, 0) is 6.07 Å². The van der Waals surface area contributed by atoms with Crippen LogP contribution < -0.4 is 19.6 Å². The SMILES string of the molecule is COc1ccccc1-c1coc2cc3c(c(O)c2c1=O)OCO3. The Balaban J connectivity index is 2.04. The Morgan fingerprint density at radius 3 is 2.83 bits per heavy atom. The summed E-state index contributed by atoms with van der Waals surface area (Å²) >= 11 is 0. The standard InChI is InChI=1S/C17H12O6/c1-20-11-5-3-2-4-9(11)10-7-21-12-6-13-17(23-8-22-13)16(19)14(12)15(10)18/h2-7,19H,8H2,1H3. The van der Waals surface area contributed by atoms with Crippen LogP contribution in [0.2, 0.25) is 0 Å². The summed E-state index contributed by atoms with van der Waals surface area (Å²) in [6.45, 7) is -0.00717. The van der Waals surface area contributed by atoms with E-state index in [0.29, 0.717) is 22.6 Å². The van der Waals surface area contributed by atoms with Crippen molar-refractivity contribution in [2.45, 2.75) is 0 Å². The van der Waals surface area contributed by atoms with Crippen molar-refractivity contribution < 1.29 is 23.7 Å². The normalized spacial score (nSPS) is 12.6. The van der Waals surface area contributed by atoms with Crippen LogP contribution in [-0.2, 0) is 0 Å². The summed E-state index contributed by atoms with van der Waals surface area (Å²) < 4.78 is 21.2. The van der Waals surface area contributed by atoms with Crippen molar-refractivity contribution in [1.82, 2.24) is 0 Å². The van der Waals surface area contributed by atoms with Gasteiger partial charge in [-0.2, -0.15) is 0 Å². The molecule has 1 N–H and O–H groups in total. The van der Waals surface area contributed by atoms with E-state index >= 15 is 0 Å². The molecular weight excluding hydrogens is 300 g/mol. The number of hydrogen-bond donors (Lipinski definition) is 1. The van der Waals surface area contributed by atoms with E-state index in [4.69, 9.17) is 18.6 Å². The first-order valence-electron chi connectivity index (χ1n) is 6.91. The quantitative estimate of drug-likeness (QED) is 0.784. The number of benzene rings is 2. The molecule has 116 valence electrons. The molecule has 0 saturated heterocycles. The number of para-hydroxylation sites is 1. The zero-order chi connectivity index (χ0) is 16.0. The Bertz CT molecular complexity index is 973. The van der Waals surface area contributed by atoms with E-state index in [-0.39, 0.29) is 34.7 Å². The molecule has 3 aromatic rings. The van der Waals surface area contributed by atoms with Crippen LogP contribution >= 0.6 is 0 Å². The molecule has 2 aromatic carbocycles. The number of methoxy groups -OCH3 is 1. The highest BCUT2D eigenvalue weighted by molar-refractivity contribution is 5.91. The predicted molar refractivity (Wildman–Crippen MR) is 82.3 cm³/mol. The average Bonchev–Trinajstić information content (AvgIpc) is 3.04. The first-order chi connectivity index (χ1) is 11.2. The summed E-state index contributed by atoms with van der Waals surface area (Å²) in [5.41, 5.74) is 0.744. The van der Waals surface area contributed by atoms with Gasteiger partial charge < -0.3 is 23.7 Å². The van der Waals surface area contributed by atoms with Crippen LogP contribution in [-0.4, -0.2) is 19.0 Å². The molecule has 0 atom stereocenters. The van der Waals surface area contributed by atoms with Crippen LogP contribution in [0, 0.1) is 0 Å². The van der Waals surface area contributed by atoms with Gasteiger partial charge in [-0.15, -0.1) is 0 Å². The van der Waals surface area contributed by atoms with Crippen molar-refractivity contribution in [3.05, 3.63) is 46.8 Å². The van der Waals surface area contributed by atoms with E-state index in [9.17, 15) is 9.90 Å². The molecule has 0 saturated carbocycles. The molecule has 0 radical (unpaired) electrons. The minimum atomic E-state index is -0.369. The highest BCUT2D eigenvalue weighted by Crippen LogP contribution is 2.45. The fraction of sp³-hybridized carbons (Fsp3) is 0.118. The number of fused-ring (bicyclic) bond motifs is 2. The van der Waals surface area contributed by atoms with E-state index < -0.39 is 0 Å². The minimum Gasteiger partial charge on any atom is -0.504 e. The van der Waals surface area contributed by atoms with Crippen molar-refractivity contribution in [3.63, 3.8) is 0 Å². The Kier molecular flexibility index (Phi) is 2.90. The maximum Gasteiger partial charge on any atom is 0.231 e. The van der Waals surface area contributed by atoms with Crippen LogP contribution in [0.4, 0.5) is 0 Å². The lowest BCUT2D eigenvalue weighted by Crippen LogP contribution is -2.06. The summed E-state index contributed by atoms with van der Waals surface area (Å²) in [7, 11) is 1.52. The second-order valence-electron chi connectivity index (χ2n) is 5.01. The molecule has 2 heterocycles. The topological polar surface area (TPSA) is 78.1 Å². The largest absolute Gasteiger partial charge is 0.504 e. The molecule has 0 aliphatic carbocycles. The molecule has 0 fully saturated rings. The van der Waals surface area contributed by atoms with E-state index in [0.717, 1.165) is 0 Å². The molecule has 6 nitrogen and oxygen atoms in total. The van der Waals surface area contributed by atoms with Gasteiger partial charge in [0, 0.05) is 11.6 Å². The summed E-state index contributed by atoms with van der Waals surface area (Å²) in [5.74, 6) is 0.769. The zero-order valence-electron chi connectivity index (χ0n) is 12.2. The monoisotopic (exact) mass is 312 g/mol. The van der Waals surface area contributed by atoms with Gasteiger partial charge in [0.1, 0.15) is 23.0 Å². The molecule has 0 amide bonds. The van der Waals surface area contributed by atoms with Crippen LogP contribution in [0.25, 0.3) is 22.1 Å². The molecule has 1 aliphatic heterocycles. The van der Waals surface area contributed by atoms with E-state index in [2.05, 4.69) is 0 Å².